The first-order valence-electron chi connectivity index (χ1n) is 26.3. The summed E-state index contributed by atoms with van der Waals surface area (Å²) >= 11 is 0. The SMILES string of the molecule is CC/C=C\C/C=C\C/C=C\C/C=C\CCCCCCCCCCCCCCCCCCCCCCCCCCCCCCC(=O)NC(CO)C(O)CCCCCCCC. The van der Waals surface area contributed by atoms with Crippen molar-refractivity contribution in [1.29, 1.82) is 0 Å². The quantitative estimate of drug-likeness (QED) is 0.0423. The summed E-state index contributed by atoms with van der Waals surface area (Å²) in [4.78, 5) is 12.3. The van der Waals surface area contributed by atoms with Crippen LogP contribution >= 0.6 is 0 Å². The van der Waals surface area contributed by atoms with E-state index in [0.29, 0.717) is 12.8 Å². The standard InChI is InChI=1S/C55H103NO3/c1-3-5-7-9-11-12-13-14-15-16-17-18-19-20-21-22-23-24-25-26-27-28-29-30-31-32-33-34-35-36-37-38-39-40-41-42-43-44-45-47-49-51-55(59)56-53(52-57)54(58)50-48-46-10-8-6-4-2/h5,7,11-12,14-15,17-18,53-54,57-58H,3-4,6,8-10,13,16,19-52H2,1-2H3,(H,56,59)/b7-5-,12-11-,15-14-,18-17-. The Morgan fingerprint density at radius 1 is 0.424 bits per heavy atom. The van der Waals surface area contributed by atoms with Gasteiger partial charge in [-0.1, -0.05) is 268 Å². The van der Waals surface area contributed by atoms with E-state index >= 15 is 0 Å². The summed E-state index contributed by atoms with van der Waals surface area (Å²) in [5.41, 5.74) is 0. The van der Waals surface area contributed by atoms with Crippen molar-refractivity contribution >= 4 is 5.91 Å². The van der Waals surface area contributed by atoms with Crippen molar-refractivity contribution in [3.63, 3.8) is 0 Å². The van der Waals surface area contributed by atoms with Crippen molar-refractivity contribution in [2.45, 2.75) is 289 Å². The minimum absolute atomic E-state index is 0.0328. The Hall–Kier alpha value is -1.65. The third-order valence-corrected chi connectivity index (χ3v) is 12.1. The number of unbranched alkanes of at least 4 members (excludes halogenated alkanes) is 33. The lowest BCUT2D eigenvalue weighted by Crippen LogP contribution is -2.45. The van der Waals surface area contributed by atoms with Crippen LogP contribution in [0.1, 0.15) is 277 Å². The Balaban J connectivity index is 3.30. The van der Waals surface area contributed by atoms with Crippen LogP contribution in [-0.2, 0) is 4.79 Å². The Morgan fingerprint density at radius 3 is 1.12 bits per heavy atom. The van der Waals surface area contributed by atoms with Crippen molar-refractivity contribution in [2.75, 3.05) is 6.61 Å². The van der Waals surface area contributed by atoms with Gasteiger partial charge in [0.2, 0.25) is 5.91 Å². The number of hydrogen-bond donors (Lipinski definition) is 3. The molecule has 4 heteroatoms. The molecule has 0 radical (unpaired) electrons. The molecule has 0 aliphatic heterocycles. The van der Waals surface area contributed by atoms with E-state index in [0.717, 1.165) is 51.4 Å². The fourth-order valence-corrected chi connectivity index (χ4v) is 8.12. The maximum Gasteiger partial charge on any atom is 0.220 e. The van der Waals surface area contributed by atoms with Gasteiger partial charge < -0.3 is 15.5 Å². The summed E-state index contributed by atoms with van der Waals surface area (Å²) in [6, 6.07) is -0.530. The minimum atomic E-state index is -0.653. The van der Waals surface area contributed by atoms with Crippen LogP contribution in [0.2, 0.25) is 0 Å². The molecule has 0 aromatic rings. The van der Waals surface area contributed by atoms with Crippen molar-refractivity contribution in [1.82, 2.24) is 5.32 Å². The molecule has 1 amide bonds. The number of aliphatic hydroxyl groups is 2. The van der Waals surface area contributed by atoms with Gasteiger partial charge in [0.1, 0.15) is 0 Å². The number of carbonyl (C=O) groups excluding carboxylic acids is 1. The smallest absolute Gasteiger partial charge is 0.220 e. The van der Waals surface area contributed by atoms with E-state index in [1.807, 2.05) is 0 Å². The first kappa shape index (κ1) is 57.3. The molecule has 0 bridgehead atoms. The van der Waals surface area contributed by atoms with Crippen LogP contribution in [0, 0.1) is 0 Å². The second-order valence-corrected chi connectivity index (χ2v) is 17.9. The van der Waals surface area contributed by atoms with Gasteiger partial charge in [-0.25, -0.2) is 0 Å². The largest absolute Gasteiger partial charge is 0.394 e. The molecular formula is C55H103NO3. The molecule has 0 aromatic heterocycles. The molecule has 59 heavy (non-hydrogen) atoms. The third kappa shape index (κ3) is 47.3. The second kappa shape index (κ2) is 50.7. The van der Waals surface area contributed by atoms with E-state index in [4.69, 9.17) is 0 Å². The molecule has 3 N–H and O–H groups in total. The van der Waals surface area contributed by atoms with E-state index < -0.39 is 12.1 Å². The predicted octanol–water partition coefficient (Wildman–Crippen LogP) is 17.1. The Labute approximate surface area is 369 Å². The van der Waals surface area contributed by atoms with Crippen LogP contribution in [0.4, 0.5) is 0 Å². The zero-order valence-electron chi connectivity index (χ0n) is 39.8. The van der Waals surface area contributed by atoms with E-state index in [-0.39, 0.29) is 12.5 Å². The summed E-state index contributed by atoms with van der Waals surface area (Å²) in [6.45, 7) is 4.20. The van der Waals surface area contributed by atoms with E-state index in [1.165, 1.54) is 199 Å². The molecule has 4 nitrogen and oxygen atoms in total. The van der Waals surface area contributed by atoms with E-state index in [9.17, 15) is 15.0 Å². The van der Waals surface area contributed by atoms with Crippen molar-refractivity contribution in [2.24, 2.45) is 0 Å². The van der Waals surface area contributed by atoms with Gasteiger partial charge in [-0.2, -0.15) is 0 Å². The highest BCUT2D eigenvalue weighted by Crippen LogP contribution is 2.17. The summed E-state index contributed by atoms with van der Waals surface area (Å²) in [5, 5.41) is 22.9. The minimum Gasteiger partial charge on any atom is -0.394 e. The van der Waals surface area contributed by atoms with Crippen molar-refractivity contribution in [3.05, 3.63) is 48.6 Å². The van der Waals surface area contributed by atoms with Crippen molar-refractivity contribution in [3.8, 4) is 0 Å². The highest BCUT2D eigenvalue weighted by Gasteiger charge is 2.20. The van der Waals surface area contributed by atoms with Gasteiger partial charge in [-0.05, 0) is 51.4 Å². The van der Waals surface area contributed by atoms with Crippen molar-refractivity contribution < 1.29 is 15.0 Å². The number of aliphatic hydroxyl groups excluding tert-OH is 2. The average molecular weight is 826 g/mol. The molecule has 0 fully saturated rings. The second-order valence-electron chi connectivity index (χ2n) is 17.9. The number of hydrogen-bond acceptors (Lipinski definition) is 3. The summed E-state index contributed by atoms with van der Waals surface area (Å²) in [6.07, 6.45) is 70.0. The molecular weight excluding hydrogens is 723 g/mol. The predicted molar refractivity (Wildman–Crippen MR) is 262 cm³/mol. The van der Waals surface area contributed by atoms with Gasteiger partial charge in [0.25, 0.3) is 0 Å². The van der Waals surface area contributed by atoms with Crippen LogP contribution in [-0.4, -0.2) is 34.9 Å². The molecule has 0 saturated heterocycles. The fraction of sp³-hybridized carbons (Fsp3) is 0.836. The maximum atomic E-state index is 12.3. The third-order valence-electron chi connectivity index (χ3n) is 12.1. The maximum absolute atomic E-state index is 12.3. The van der Waals surface area contributed by atoms with Crippen LogP contribution in [0.25, 0.3) is 0 Å². The Kier molecular flexibility index (Phi) is 49.3. The van der Waals surface area contributed by atoms with Gasteiger partial charge in [-0.15, -0.1) is 0 Å². The molecule has 346 valence electrons. The molecule has 0 aliphatic carbocycles. The number of nitrogens with one attached hydrogen (secondary N) is 1. The summed E-state index contributed by atoms with van der Waals surface area (Å²) < 4.78 is 0. The lowest BCUT2D eigenvalue weighted by Gasteiger charge is -2.22. The first-order chi connectivity index (χ1) is 29.2. The molecule has 0 spiro atoms. The lowest BCUT2D eigenvalue weighted by atomic mass is 10.0. The number of rotatable bonds is 48. The normalized spacial score (nSPS) is 13.2. The topological polar surface area (TPSA) is 69.6 Å². The van der Waals surface area contributed by atoms with Crippen LogP contribution < -0.4 is 5.32 Å². The molecule has 0 heterocycles. The Bertz CT molecular complexity index is 939. The Morgan fingerprint density at radius 2 is 0.746 bits per heavy atom. The van der Waals surface area contributed by atoms with Gasteiger partial charge in [-0.3, -0.25) is 4.79 Å². The number of carbonyl (C=O) groups is 1. The van der Waals surface area contributed by atoms with Crippen LogP contribution in [0.3, 0.4) is 0 Å². The molecule has 2 unspecified atom stereocenters. The highest BCUT2D eigenvalue weighted by molar-refractivity contribution is 5.76. The summed E-state index contributed by atoms with van der Waals surface area (Å²) in [7, 11) is 0. The van der Waals surface area contributed by atoms with Crippen LogP contribution in [0.15, 0.2) is 48.6 Å². The first-order valence-corrected chi connectivity index (χ1v) is 26.3. The highest BCUT2D eigenvalue weighted by atomic mass is 16.3. The average Bonchev–Trinajstić information content (AvgIpc) is 3.24. The molecule has 2 atom stereocenters. The van der Waals surface area contributed by atoms with E-state index in [2.05, 4.69) is 67.8 Å². The van der Waals surface area contributed by atoms with Gasteiger partial charge in [0.15, 0.2) is 0 Å². The molecule has 0 rings (SSSR count). The van der Waals surface area contributed by atoms with Gasteiger partial charge in [0, 0.05) is 6.42 Å². The van der Waals surface area contributed by atoms with Gasteiger partial charge >= 0.3 is 0 Å². The number of amides is 1. The fourth-order valence-electron chi connectivity index (χ4n) is 8.12. The van der Waals surface area contributed by atoms with E-state index in [1.54, 1.807) is 0 Å². The zero-order chi connectivity index (χ0) is 42.8. The molecule has 0 aliphatic rings. The summed E-state index contributed by atoms with van der Waals surface area (Å²) in [5.74, 6) is -0.0328. The lowest BCUT2D eigenvalue weighted by molar-refractivity contribution is -0.123. The molecule has 0 saturated carbocycles. The molecule has 0 aromatic carbocycles. The monoisotopic (exact) mass is 826 g/mol. The zero-order valence-corrected chi connectivity index (χ0v) is 39.8. The van der Waals surface area contributed by atoms with Gasteiger partial charge in [0.05, 0.1) is 18.8 Å². The number of allylic oxidation sites excluding steroid dienone is 8. The van der Waals surface area contributed by atoms with Crippen LogP contribution in [0.5, 0.6) is 0 Å².